The Morgan fingerprint density at radius 3 is 2.55 bits per heavy atom. The van der Waals surface area contributed by atoms with Crippen LogP contribution in [0.15, 0.2) is 16.6 Å². The van der Waals surface area contributed by atoms with Gasteiger partial charge in [-0.3, -0.25) is 0 Å². The average Bonchev–Trinajstić information content (AvgIpc) is 3.04. The van der Waals surface area contributed by atoms with Crippen molar-refractivity contribution in [2.24, 2.45) is 0 Å². The zero-order chi connectivity index (χ0) is 15.4. The standard InChI is InChI=1S/C18H26BrNO2/c1-21-17-11-13(10-14-6-4-5-9-20-14)16(19)12-18(17)22-15-7-2-3-8-15/h11-12,14-15,20H,2-10H2,1H3. The first-order chi connectivity index (χ1) is 10.8. The van der Waals surface area contributed by atoms with E-state index in [4.69, 9.17) is 9.47 Å². The molecular formula is C18H26BrNO2. The number of hydrogen-bond acceptors (Lipinski definition) is 3. The van der Waals surface area contributed by atoms with E-state index in [1.165, 1.54) is 37.7 Å². The largest absolute Gasteiger partial charge is 0.493 e. The van der Waals surface area contributed by atoms with Gasteiger partial charge in [-0.15, -0.1) is 0 Å². The maximum absolute atomic E-state index is 6.15. The lowest BCUT2D eigenvalue weighted by atomic mass is 9.97. The smallest absolute Gasteiger partial charge is 0.162 e. The van der Waals surface area contributed by atoms with E-state index in [9.17, 15) is 0 Å². The molecule has 3 nitrogen and oxygen atoms in total. The fraction of sp³-hybridized carbons (Fsp3) is 0.667. The van der Waals surface area contributed by atoms with Crippen molar-refractivity contribution in [3.8, 4) is 11.5 Å². The minimum atomic E-state index is 0.353. The van der Waals surface area contributed by atoms with Gasteiger partial charge in [0.15, 0.2) is 11.5 Å². The number of halogens is 1. The Hall–Kier alpha value is -0.740. The number of benzene rings is 1. The Morgan fingerprint density at radius 2 is 1.86 bits per heavy atom. The highest BCUT2D eigenvalue weighted by Crippen LogP contribution is 2.37. The van der Waals surface area contributed by atoms with E-state index in [1.807, 2.05) is 0 Å². The number of ether oxygens (including phenoxy) is 2. The fourth-order valence-corrected chi connectivity index (χ4v) is 4.02. The van der Waals surface area contributed by atoms with Gasteiger partial charge in [0.2, 0.25) is 0 Å². The van der Waals surface area contributed by atoms with Gasteiger partial charge in [-0.1, -0.05) is 22.4 Å². The van der Waals surface area contributed by atoms with E-state index in [2.05, 4.69) is 33.4 Å². The Bertz CT molecular complexity index is 494. The van der Waals surface area contributed by atoms with Crippen molar-refractivity contribution in [1.82, 2.24) is 5.32 Å². The second-order valence-corrected chi connectivity index (χ2v) is 7.32. The SMILES string of the molecule is COc1cc(CC2CCCCN2)c(Br)cc1OC1CCCC1. The fourth-order valence-electron chi connectivity index (χ4n) is 3.53. The van der Waals surface area contributed by atoms with Crippen LogP contribution in [0, 0.1) is 0 Å². The first-order valence-corrected chi connectivity index (χ1v) is 9.32. The third-order valence-electron chi connectivity index (χ3n) is 4.81. The monoisotopic (exact) mass is 367 g/mol. The van der Waals surface area contributed by atoms with Crippen LogP contribution in [0.1, 0.15) is 50.5 Å². The molecule has 0 aromatic heterocycles. The van der Waals surface area contributed by atoms with E-state index in [0.29, 0.717) is 12.1 Å². The van der Waals surface area contributed by atoms with Gasteiger partial charge in [0.1, 0.15) is 0 Å². The summed E-state index contributed by atoms with van der Waals surface area (Å²) in [4.78, 5) is 0. The highest BCUT2D eigenvalue weighted by atomic mass is 79.9. The minimum Gasteiger partial charge on any atom is -0.493 e. The molecule has 3 rings (SSSR count). The Morgan fingerprint density at radius 1 is 1.09 bits per heavy atom. The van der Waals surface area contributed by atoms with E-state index >= 15 is 0 Å². The van der Waals surface area contributed by atoms with Crippen LogP contribution in [-0.4, -0.2) is 25.8 Å². The molecule has 1 atom stereocenters. The van der Waals surface area contributed by atoms with Crippen molar-refractivity contribution in [1.29, 1.82) is 0 Å². The lowest BCUT2D eigenvalue weighted by Crippen LogP contribution is -2.35. The Kier molecular flexibility index (Phi) is 5.64. The highest BCUT2D eigenvalue weighted by Gasteiger charge is 2.21. The molecule has 4 heteroatoms. The molecule has 1 unspecified atom stereocenters. The van der Waals surface area contributed by atoms with Crippen molar-refractivity contribution < 1.29 is 9.47 Å². The van der Waals surface area contributed by atoms with Gasteiger partial charge in [-0.05, 0) is 69.2 Å². The molecule has 1 saturated heterocycles. The summed E-state index contributed by atoms with van der Waals surface area (Å²) in [5, 5.41) is 3.61. The van der Waals surface area contributed by atoms with Gasteiger partial charge < -0.3 is 14.8 Å². The van der Waals surface area contributed by atoms with Crippen molar-refractivity contribution in [2.75, 3.05) is 13.7 Å². The summed E-state index contributed by atoms with van der Waals surface area (Å²) in [6, 6.07) is 4.82. The van der Waals surface area contributed by atoms with Gasteiger partial charge in [-0.25, -0.2) is 0 Å². The molecule has 1 aromatic carbocycles. The molecule has 1 aliphatic heterocycles. The maximum atomic E-state index is 6.15. The topological polar surface area (TPSA) is 30.5 Å². The molecule has 1 aliphatic carbocycles. The van der Waals surface area contributed by atoms with Gasteiger partial charge in [0.25, 0.3) is 0 Å². The average molecular weight is 368 g/mol. The second kappa shape index (κ2) is 7.69. The van der Waals surface area contributed by atoms with Crippen molar-refractivity contribution in [3.05, 3.63) is 22.2 Å². The summed E-state index contributed by atoms with van der Waals surface area (Å²) < 4.78 is 12.9. The predicted molar refractivity (Wildman–Crippen MR) is 92.9 cm³/mol. The summed E-state index contributed by atoms with van der Waals surface area (Å²) in [5.41, 5.74) is 1.30. The summed E-state index contributed by atoms with van der Waals surface area (Å²) >= 11 is 3.72. The van der Waals surface area contributed by atoms with Gasteiger partial charge in [-0.2, -0.15) is 0 Å². The molecule has 0 spiro atoms. The number of rotatable bonds is 5. The molecule has 0 bridgehead atoms. The van der Waals surface area contributed by atoms with Crippen LogP contribution in [0.5, 0.6) is 11.5 Å². The van der Waals surface area contributed by atoms with Crippen LogP contribution in [0.2, 0.25) is 0 Å². The first kappa shape index (κ1) is 16.1. The van der Waals surface area contributed by atoms with Crippen LogP contribution in [0.3, 0.4) is 0 Å². The summed E-state index contributed by atoms with van der Waals surface area (Å²) in [6.07, 6.45) is 10.2. The number of piperidine rings is 1. The van der Waals surface area contributed by atoms with E-state index < -0.39 is 0 Å². The lowest BCUT2D eigenvalue weighted by Gasteiger charge is -2.24. The molecule has 22 heavy (non-hydrogen) atoms. The Labute approximate surface area is 141 Å². The highest BCUT2D eigenvalue weighted by molar-refractivity contribution is 9.10. The molecule has 1 aromatic rings. The molecule has 2 aliphatic rings. The maximum Gasteiger partial charge on any atom is 0.162 e. The third-order valence-corrected chi connectivity index (χ3v) is 5.55. The molecule has 0 radical (unpaired) electrons. The number of methoxy groups -OCH3 is 1. The van der Waals surface area contributed by atoms with Crippen LogP contribution in [0.25, 0.3) is 0 Å². The van der Waals surface area contributed by atoms with Crippen LogP contribution in [-0.2, 0) is 6.42 Å². The minimum absolute atomic E-state index is 0.353. The quantitative estimate of drug-likeness (QED) is 0.832. The van der Waals surface area contributed by atoms with Gasteiger partial charge >= 0.3 is 0 Å². The normalized spacial score (nSPS) is 22.7. The van der Waals surface area contributed by atoms with E-state index in [0.717, 1.165) is 41.8 Å². The van der Waals surface area contributed by atoms with Gasteiger partial charge in [0.05, 0.1) is 13.2 Å². The van der Waals surface area contributed by atoms with Crippen molar-refractivity contribution in [2.45, 2.75) is 63.5 Å². The molecule has 1 saturated carbocycles. The number of nitrogens with one attached hydrogen (secondary N) is 1. The van der Waals surface area contributed by atoms with Gasteiger partial charge in [0, 0.05) is 10.5 Å². The molecule has 122 valence electrons. The summed E-state index contributed by atoms with van der Waals surface area (Å²) in [6.45, 7) is 1.14. The van der Waals surface area contributed by atoms with E-state index in [-0.39, 0.29) is 0 Å². The second-order valence-electron chi connectivity index (χ2n) is 6.47. The zero-order valence-corrected chi connectivity index (χ0v) is 15.0. The van der Waals surface area contributed by atoms with Crippen molar-refractivity contribution in [3.63, 3.8) is 0 Å². The Balaban J connectivity index is 1.73. The lowest BCUT2D eigenvalue weighted by molar-refractivity contribution is 0.200. The van der Waals surface area contributed by atoms with Crippen LogP contribution >= 0.6 is 15.9 Å². The van der Waals surface area contributed by atoms with Crippen molar-refractivity contribution >= 4 is 15.9 Å². The first-order valence-electron chi connectivity index (χ1n) is 8.52. The third kappa shape index (κ3) is 3.96. The molecule has 1 heterocycles. The number of hydrogen-bond donors (Lipinski definition) is 1. The summed E-state index contributed by atoms with van der Waals surface area (Å²) in [5.74, 6) is 1.74. The summed E-state index contributed by atoms with van der Waals surface area (Å²) in [7, 11) is 1.73. The molecule has 2 fully saturated rings. The van der Waals surface area contributed by atoms with Crippen LogP contribution < -0.4 is 14.8 Å². The van der Waals surface area contributed by atoms with E-state index in [1.54, 1.807) is 7.11 Å². The molecular weight excluding hydrogens is 342 g/mol. The zero-order valence-electron chi connectivity index (χ0n) is 13.4. The molecule has 0 amide bonds. The predicted octanol–water partition coefficient (Wildman–Crippen LogP) is 4.46. The molecule has 1 N–H and O–H groups in total. The van der Waals surface area contributed by atoms with Crippen LogP contribution in [0.4, 0.5) is 0 Å².